The molecular formula is C20H11BrN2. The predicted octanol–water partition coefficient (Wildman–Crippen LogP) is 5.85. The van der Waals surface area contributed by atoms with Crippen LogP contribution in [0.15, 0.2) is 71.2 Å². The minimum absolute atomic E-state index is 0.927. The summed E-state index contributed by atoms with van der Waals surface area (Å²) in [6.07, 6.45) is 0. The lowest BCUT2D eigenvalue weighted by Crippen LogP contribution is -1.91. The van der Waals surface area contributed by atoms with Crippen LogP contribution < -0.4 is 0 Å². The van der Waals surface area contributed by atoms with Crippen LogP contribution in [-0.4, -0.2) is 9.97 Å². The summed E-state index contributed by atoms with van der Waals surface area (Å²) in [6, 6.07) is 22.8. The monoisotopic (exact) mass is 358 g/mol. The molecule has 1 heterocycles. The molecule has 0 aliphatic carbocycles. The van der Waals surface area contributed by atoms with Crippen molar-refractivity contribution in [3.8, 4) is 0 Å². The highest BCUT2D eigenvalue weighted by Crippen LogP contribution is 2.35. The van der Waals surface area contributed by atoms with E-state index < -0.39 is 0 Å². The number of rotatable bonds is 0. The van der Waals surface area contributed by atoms with E-state index in [1.165, 1.54) is 10.8 Å². The average Bonchev–Trinajstić information content (AvgIpc) is 2.60. The standard InChI is InChI=1S/C20H11BrN2/c21-12-9-10-14-13-5-1-2-6-15(13)19-20(16(14)11-12)23-18-8-4-3-7-17(18)22-19/h1-11H. The van der Waals surface area contributed by atoms with Crippen molar-refractivity contribution >= 4 is 59.5 Å². The van der Waals surface area contributed by atoms with Crippen LogP contribution >= 0.6 is 15.9 Å². The van der Waals surface area contributed by atoms with Crippen molar-refractivity contribution in [2.45, 2.75) is 0 Å². The van der Waals surface area contributed by atoms with Gasteiger partial charge in [0.25, 0.3) is 0 Å². The first-order chi connectivity index (χ1) is 11.3. The van der Waals surface area contributed by atoms with E-state index in [0.29, 0.717) is 0 Å². The SMILES string of the molecule is Brc1ccc2c3ccccc3c3nc4ccccc4nc3c2c1. The van der Waals surface area contributed by atoms with E-state index in [9.17, 15) is 0 Å². The number of hydrogen-bond acceptors (Lipinski definition) is 2. The molecule has 0 N–H and O–H groups in total. The highest BCUT2D eigenvalue weighted by atomic mass is 79.9. The van der Waals surface area contributed by atoms with Crippen LogP contribution in [0.5, 0.6) is 0 Å². The molecule has 0 unspecified atom stereocenters. The van der Waals surface area contributed by atoms with Crippen LogP contribution in [0.4, 0.5) is 0 Å². The first-order valence-electron chi connectivity index (χ1n) is 7.48. The lowest BCUT2D eigenvalue weighted by molar-refractivity contribution is 1.42. The van der Waals surface area contributed by atoms with Gasteiger partial charge in [-0.05, 0) is 35.0 Å². The van der Waals surface area contributed by atoms with E-state index in [0.717, 1.165) is 37.3 Å². The van der Waals surface area contributed by atoms with Crippen LogP contribution in [0.25, 0.3) is 43.6 Å². The average molecular weight is 359 g/mol. The molecule has 0 atom stereocenters. The van der Waals surface area contributed by atoms with E-state index in [2.05, 4.69) is 58.4 Å². The molecule has 0 saturated heterocycles. The Labute approximate surface area is 140 Å². The van der Waals surface area contributed by atoms with E-state index in [1.54, 1.807) is 0 Å². The molecule has 0 spiro atoms. The molecule has 0 aliphatic heterocycles. The Morgan fingerprint density at radius 1 is 0.565 bits per heavy atom. The smallest absolute Gasteiger partial charge is 0.0979 e. The van der Waals surface area contributed by atoms with Crippen LogP contribution in [0, 0.1) is 0 Å². The fourth-order valence-electron chi connectivity index (χ4n) is 3.25. The van der Waals surface area contributed by atoms with Gasteiger partial charge in [-0.2, -0.15) is 0 Å². The molecule has 0 aliphatic rings. The lowest BCUT2D eigenvalue weighted by atomic mass is 9.99. The predicted molar refractivity (Wildman–Crippen MR) is 99.8 cm³/mol. The maximum Gasteiger partial charge on any atom is 0.0979 e. The topological polar surface area (TPSA) is 25.8 Å². The number of nitrogens with zero attached hydrogens (tertiary/aromatic N) is 2. The van der Waals surface area contributed by atoms with Gasteiger partial charge < -0.3 is 0 Å². The minimum Gasteiger partial charge on any atom is -0.244 e. The summed E-state index contributed by atoms with van der Waals surface area (Å²) >= 11 is 3.58. The lowest BCUT2D eigenvalue weighted by Gasteiger charge is -2.10. The number of para-hydroxylation sites is 2. The van der Waals surface area contributed by atoms with E-state index in [4.69, 9.17) is 9.97 Å². The maximum atomic E-state index is 4.91. The Hall–Kier alpha value is -2.52. The van der Waals surface area contributed by atoms with Crippen LogP contribution in [0.2, 0.25) is 0 Å². The van der Waals surface area contributed by atoms with Crippen molar-refractivity contribution < 1.29 is 0 Å². The zero-order valence-corrected chi connectivity index (χ0v) is 13.7. The van der Waals surface area contributed by atoms with Crippen molar-refractivity contribution in [3.05, 3.63) is 71.2 Å². The molecule has 5 rings (SSSR count). The third-order valence-electron chi connectivity index (χ3n) is 4.28. The number of halogens is 1. The van der Waals surface area contributed by atoms with Crippen molar-refractivity contribution in [1.82, 2.24) is 9.97 Å². The molecule has 0 amide bonds. The Morgan fingerprint density at radius 2 is 1.13 bits per heavy atom. The Bertz CT molecular complexity index is 1230. The van der Waals surface area contributed by atoms with Gasteiger partial charge in [-0.15, -0.1) is 0 Å². The van der Waals surface area contributed by atoms with Crippen molar-refractivity contribution in [3.63, 3.8) is 0 Å². The second-order valence-corrected chi connectivity index (χ2v) is 6.56. The maximum absolute atomic E-state index is 4.91. The zero-order chi connectivity index (χ0) is 15.4. The minimum atomic E-state index is 0.927. The van der Waals surface area contributed by atoms with Crippen molar-refractivity contribution in [2.75, 3.05) is 0 Å². The molecule has 23 heavy (non-hydrogen) atoms. The fourth-order valence-corrected chi connectivity index (χ4v) is 3.61. The van der Waals surface area contributed by atoms with Gasteiger partial charge in [-0.25, -0.2) is 9.97 Å². The normalized spacial score (nSPS) is 11.7. The van der Waals surface area contributed by atoms with Gasteiger partial charge in [0, 0.05) is 15.2 Å². The summed E-state index contributed by atoms with van der Waals surface area (Å²) in [5, 5.41) is 4.70. The third kappa shape index (κ3) is 1.87. The van der Waals surface area contributed by atoms with Crippen molar-refractivity contribution in [1.29, 1.82) is 0 Å². The van der Waals surface area contributed by atoms with E-state index >= 15 is 0 Å². The fraction of sp³-hybridized carbons (Fsp3) is 0. The molecule has 0 fully saturated rings. The molecule has 4 aromatic carbocycles. The summed E-state index contributed by atoms with van der Waals surface area (Å²) in [7, 11) is 0. The van der Waals surface area contributed by atoms with Gasteiger partial charge in [0.2, 0.25) is 0 Å². The second kappa shape index (κ2) is 4.74. The third-order valence-corrected chi connectivity index (χ3v) is 4.77. The summed E-state index contributed by atoms with van der Waals surface area (Å²) in [5.41, 5.74) is 3.78. The molecule has 108 valence electrons. The molecule has 5 aromatic rings. The molecule has 3 heteroatoms. The van der Waals surface area contributed by atoms with Gasteiger partial charge in [0.05, 0.1) is 22.1 Å². The summed E-state index contributed by atoms with van der Waals surface area (Å²) in [6.45, 7) is 0. The van der Waals surface area contributed by atoms with Gasteiger partial charge in [0.1, 0.15) is 0 Å². The van der Waals surface area contributed by atoms with Gasteiger partial charge >= 0.3 is 0 Å². The molecule has 1 aromatic heterocycles. The number of fused-ring (bicyclic) bond motifs is 7. The highest BCUT2D eigenvalue weighted by Gasteiger charge is 2.12. The van der Waals surface area contributed by atoms with Gasteiger partial charge in [-0.1, -0.05) is 58.4 Å². The van der Waals surface area contributed by atoms with Crippen LogP contribution in [0.1, 0.15) is 0 Å². The number of benzene rings is 4. The summed E-state index contributed by atoms with van der Waals surface area (Å²) in [4.78, 5) is 9.82. The van der Waals surface area contributed by atoms with E-state index in [1.807, 2.05) is 24.3 Å². The second-order valence-electron chi connectivity index (χ2n) is 5.65. The summed E-state index contributed by atoms with van der Waals surface area (Å²) in [5.74, 6) is 0. The highest BCUT2D eigenvalue weighted by molar-refractivity contribution is 9.10. The zero-order valence-electron chi connectivity index (χ0n) is 12.1. The molecule has 2 nitrogen and oxygen atoms in total. The van der Waals surface area contributed by atoms with Crippen LogP contribution in [0.3, 0.4) is 0 Å². The first-order valence-corrected chi connectivity index (χ1v) is 8.27. The Morgan fingerprint density at radius 3 is 1.87 bits per heavy atom. The number of aromatic nitrogens is 2. The molecule has 0 radical (unpaired) electrons. The summed E-state index contributed by atoms with van der Waals surface area (Å²) < 4.78 is 1.05. The van der Waals surface area contributed by atoms with Gasteiger partial charge in [-0.3, -0.25) is 0 Å². The Balaban J connectivity index is 2.16. The molecule has 0 saturated carbocycles. The first kappa shape index (κ1) is 13.0. The molecular weight excluding hydrogens is 348 g/mol. The van der Waals surface area contributed by atoms with Crippen LogP contribution in [-0.2, 0) is 0 Å². The van der Waals surface area contributed by atoms with Crippen molar-refractivity contribution in [2.24, 2.45) is 0 Å². The molecule has 0 bridgehead atoms. The Kier molecular flexibility index (Phi) is 2.67. The van der Waals surface area contributed by atoms with Gasteiger partial charge in [0.15, 0.2) is 0 Å². The van der Waals surface area contributed by atoms with E-state index in [-0.39, 0.29) is 0 Å². The number of hydrogen-bond donors (Lipinski definition) is 0. The quantitative estimate of drug-likeness (QED) is 0.256. The largest absolute Gasteiger partial charge is 0.244 e.